The molecule has 18 heavy (non-hydrogen) atoms. The number of H-pyrrole nitrogens is 1. The van der Waals surface area contributed by atoms with Gasteiger partial charge in [0.25, 0.3) is 0 Å². The smallest absolute Gasteiger partial charge is 0.407 e. The third-order valence-corrected chi connectivity index (χ3v) is 3.10. The molecule has 5 heteroatoms. The van der Waals surface area contributed by atoms with Crippen LogP contribution >= 0.6 is 0 Å². The van der Waals surface area contributed by atoms with E-state index in [1.807, 2.05) is 0 Å². The molecule has 1 fully saturated rings. The molecule has 0 bridgehead atoms. The fraction of sp³-hybridized carbons (Fsp3) is 0.692. The van der Waals surface area contributed by atoms with Crippen LogP contribution in [0.4, 0.5) is 4.79 Å². The molecule has 1 aromatic heterocycles. The second kappa shape index (κ2) is 5.00. The van der Waals surface area contributed by atoms with Gasteiger partial charge in [-0.2, -0.15) is 0 Å². The summed E-state index contributed by atoms with van der Waals surface area (Å²) < 4.78 is 5.16. The summed E-state index contributed by atoms with van der Waals surface area (Å²) in [6.45, 7) is 6.85. The van der Waals surface area contributed by atoms with Crippen LogP contribution in [0.2, 0.25) is 0 Å². The minimum Gasteiger partial charge on any atom is -0.450 e. The van der Waals surface area contributed by atoms with Crippen molar-refractivity contribution in [2.45, 2.75) is 45.6 Å². The summed E-state index contributed by atoms with van der Waals surface area (Å²) in [5.41, 5.74) is 1.27. The second-order valence-corrected chi connectivity index (χ2v) is 6.05. The first-order chi connectivity index (χ1) is 8.46. The zero-order valence-corrected chi connectivity index (χ0v) is 11.2. The fourth-order valence-corrected chi connectivity index (χ4v) is 1.81. The maximum absolute atomic E-state index is 11.5. The van der Waals surface area contributed by atoms with Gasteiger partial charge in [-0.15, -0.1) is 0 Å². The van der Waals surface area contributed by atoms with Gasteiger partial charge in [-0.25, -0.2) is 9.78 Å². The van der Waals surface area contributed by atoms with Crippen LogP contribution in [0.5, 0.6) is 0 Å². The molecule has 1 aromatic rings. The number of aromatic nitrogens is 2. The van der Waals surface area contributed by atoms with Crippen molar-refractivity contribution in [3.8, 4) is 0 Å². The van der Waals surface area contributed by atoms with Crippen molar-refractivity contribution in [2.24, 2.45) is 5.41 Å². The van der Waals surface area contributed by atoms with Gasteiger partial charge < -0.3 is 15.0 Å². The van der Waals surface area contributed by atoms with Gasteiger partial charge in [-0.3, -0.25) is 0 Å². The predicted molar refractivity (Wildman–Crippen MR) is 68.3 cm³/mol. The van der Waals surface area contributed by atoms with E-state index in [0.717, 1.165) is 18.5 Å². The van der Waals surface area contributed by atoms with Gasteiger partial charge in [0.15, 0.2) is 0 Å². The number of aromatic amines is 1. The lowest BCUT2D eigenvalue weighted by molar-refractivity contribution is 0.130. The molecule has 0 spiro atoms. The van der Waals surface area contributed by atoms with E-state index < -0.39 is 0 Å². The monoisotopic (exact) mass is 251 g/mol. The van der Waals surface area contributed by atoms with Gasteiger partial charge in [0.05, 0.1) is 12.9 Å². The molecule has 1 heterocycles. The molecule has 100 valence electrons. The average Bonchev–Trinajstić information content (AvgIpc) is 2.80. The number of rotatable bonds is 4. The minimum atomic E-state index is -0.314. The standard InChI is InChI=1S/C13H21N3O2/c1-13(2,3)4-5-18-12(17)16-10-6-9(10)11-7-14-8-15-11/h7-10H,4-6H2,1-3H3,(H,14,15)(H,16,17)/t9-,10-/m1/s1. The Balaban J connectivity index is 1.65. The van der Waals surface area contributed by atoms with Gasteiger partial charge in [0.2, 0.25) is 0 Å². The average molecular weight is 251 g/mol. The van der Waals surface area contributed by atoms with Gasteiger partial charge in [0, 0.05) is 23.9 Å². The number of nitrogens with one attached hydrogen (secondary N) is 2. The van der Waals surface area contributed by atoms with E-state index >= 15 is 0 Å². The highest BCUT2D eigenvalue weighted by Gasteiger charge is 2.40. The SMILES string of the molecule is CC(C)(C)CCOC(=O)N[C@@H]1C[C@H]1c1cnc[nH]1. The van der Waals surface area contributed by atoms with Crippen LogP contribution in [0, 0.1) is 5.41 Å². The van der Waals surface area contributed by atoms with Crippen LogP contribution < -0.4 is 5.32 Å². The van der Waals surface area contributed by atoms with Crippen molar-refractivity contribution in [1.82, 2.24) is 15.3 Å². The van der Waals surface area contributed by atoms with Crippen LogP contribution in [-0.2, 0) is 4.74 Å². The number of imidazole rings is 1. The molecular formula is C13H21N3O2. The molecular weight excluding hydrogens is 230 g/mol. The minimum absolute atomic E-state index is 0.188. The Morgan fingerprint density at radius 2 is 2.39 bits per heavy atom. The third kappa shape index (κ3) is 3.75. The number of hydrogen-bond acceptors (Lipinski definition) is 3. The van der Waals surface area contributed by atoms with E-state index in [9.17, 15) is 4.79 Å². The molecule has 2 rings (SSSR count). The molecule has 0 aromatic carbocycles. The quantitative estimate of drug-likeness (QED) is 0.863. The Morgan fingerprint density at radius 1 is 1.61 bits per heavy atom. The largest absolute Gasteiger partial charge is 0.450 e. The Labute approximate surface area is 107 Å². The first-order valence-electron chi connectivity index (χ1n) is 6.37. The molecule has 1 aliphatic rings. The topological polar surface area (TPSA) is 67.0 Å². The lowest BCUT2D eigenvalue weighted by atomic mass is 9.93. The van der Waals surface area contributed by atoms with Gasteiger partial charge in [0.1, 0.15) is 0 Å². The van der Waals surface area contributed by atoms with E-state index in [1.54, 1.807) is 12.5 Å². The van der Waals surface area contributed by atoms with E-state index in [2.05, 4.69) is 36.1 Å². The molecule has 0 unspecified atom stereocenters. The Kier molecular flexibility index (Phi) is 3.59. The molecule has 1 aliphatic carbocycles. The van der Waals surface area contributed by atoms with Crippen LogP contribution in [0.1, 0.15) is 45.2 Å². The number of ether oxygens (including phenoxy) is 1. The van der Waals surface area contributed by atoms with Crippen molar-refractivity contribution in [3.05, 3.63) is 18.2 Å². The Bertz CT molecular complexity index is 395. The summed E-state index contributed by atoms with van der Waals surface area (Å²) >= 11 is 0. The van der Waals surface area contributed by atoms with Crippen LogP contribution in [0.25, 0.3) is 0 Å². The highest BCUT2D eigenvalue weighted by Crippen LogP contribution is 2.39. The van der Waals surface area contributed by atoms with Crippen molar-refractivity contribution in [2.75, 3.05) is 6.61 Å². The third-order valence-electron chi connectivity index (χ3n) is 3.10. The number of carbonyl (C=O) groups is 1. The second-order valence-electron chi connectivity index (χ2n) is 6.05. The summed E-state index contributed by atoms with van der Waals surface area (Å²) in [6, 6.07) is 0.188. The van der Waals surface area contributed by atoms with Crippen LogP contribution in [0.3, 0.4) is 0 Å². The van der Waals surface area contributed by atoms with Crippen molar-refractivity contribution in [1.29, 1.82) is 0 Å². The fourth-order valence-electron chi connectivity index (χ4n) is 1.81. The number of hydrogen-bond donors (Lipinski definition) is 2. The Morgan fingerprint density at radius 3 is 3.00 bits per heavy atom. The van der Waals surface area contributed by atoms with Crippen molar-refractivity contribution in [3.63, 3.8) is 0 Å². The van der Waals surface area contributed by atoms with E-state index in [-0.39, 0.29) is 17.6 Å². The number of amides is 1. The summed E-state index contributed by atoms with van der Waals surface area (Å²) in [7, 11) is 0. The molecule has 2 atom stereocenters. The number of alkyl carbamates (subject to hydrolysis) is 1. The Hall–Kier alpha value is -1.52. The van der Waals surface area contributed by atoms with E-state index in [4.69, 9.17) is 4.74 Å². The first kappa shape index (κ1) is 12.9. The van der Waals surface area contributed by atoms with Crippen molar-refractivity contribution < 1.29 is 9.53 Å². The zero-order valence-electron chi connectivity index (χ0n) is 11.2. The summed E-state index contributed by atoms with van der Waals surface area (Å²) in [4.78, 5) is 18.6. The molecule has 0 saturated heterocycles. The van der Waals surface area contributed by atoms with E-state index in [0.29, 0.717) is 12.5 Å². The first-order valence-corrected chi connectivity index (χ1v) is 6.37. The van der Waals surface area contributed by atoms with Crippen LogP contribution in [-0.4, -0.2) is 28.7 Å². The lowest BCUT2D eigenvalue weighted by Gasteiger charge is -2.17. The number of carbonyl (C=O) groups excluding carboxylic acids is 1. The molecule has 0 aliphatic heterocycles. The highest BCUT2D eigenvalue weighted by molar-refractivity contribution is 5.68. The van der Waals surface area contributed by atoms with Gasteiger partial charge >= 0.3 is 6.09 Å². The maximum atomic E-state index is 11.5. The van der Waals surface area contributed by atoms with Gasteiger partial charge in [-0.05, 0) is 18.3 Å². The zero-order chi connectivity index (χ0) is 13.2. The van der Waals surface area contributed by atoms with E-state index in [1.165, 1.54) is 0 Å². The summed E-state index contributed by atoms with van der Waals surface area (Å²) in [5.74, 6) is 0.364. The lowest BCUT2D eigenvalue weighted by Crippen LogP contribution is -2.28. The molecule has 1 amide bonds. The van der Waals surface area contributed by atoms with Gasteiger partial charge in [-0.1, -0.05) is 20.8 Å². The number of nitrogens with zero attached hydrogens (tertiary/aromatic N) is 1. The summed E-state index contributed by atoms with van der Waals surface area (Å²) in [6.07, 6.45) is 4.97. The molecule has 5 nitrogen and oxygen atoms in total. The maximum Gasteiger partial charge on any atom is 0.407 e. The summed E-state index contributed by atoms with van der Waals surface area (Å²) in [5, 5.41) is 2.87. The van der Waals surface area contributed by atoms with Crippen LogP contribution in [0.15, 0.2) is 12.5 Å². The van der Waals surface area contributed by atoms with Crippen molar-refractivity contribution >= 4 is 6.09 Å². The molecule has 0 radical (unpaired) electrons. The highest BCUT2D eigenvalue weighted by atomic mass is 16.5. The molecule has 2 N–H and O–H groups in total. The normalized spacial score (nSPS) is 22.6. The predicted octanol–water partition coefficient (Wildman–Crippen LogP) is 2.43. The molecule has 1 saturated carbocycles.